The van der Waals surface area contributed by atoms with Crippen molar-refractivity contribution in [2.45, 2.75) is 42.4 Å². The van der Waals surface area contributed by atoms with Crippen LogP contribution in [-0.4, -0.2) is 90.6 Å². The molecule has 3 saturated heterocycles. The van der Waals surface area contributed by atoms with E-state index < -0.39 is 0 Å². The molecule has 3 fully saturated rings. The van der Waals surface area contributed by atoms with E-state index in [4.69, 9.17) is 4.74 Å². The molecule has 186 valence electrons. The summed E-state index contributed by atoms with van der Waals surface area (Å²) >= 11 is 1.82. The minimum Gasteiger partial charge on any atom is -0.378 e. The maximum Gasteiger partial charge on any atom is 0.276 e. The maximum atomic E-state index is 13.6. The van der Waals surface area contributed by atoms with Gasteiger partial charge in [0.15, 0.2) is 11.7 Å². The number of carbonyl (C=O) groups excluding carboxylic acids is 2. The summed E-state index contributed by atoms with van der Waals surface area (Å²) in [5, 5.41) is 3.60. The summed E-state index contributed by atoms with van der Waals surface area (Å²) in [6.07, 6.45) is 3.88. The van der Waals surface area contributed by atoms with Crippen LogP contribution < -0.4 is 4.68 Å². The molecule has 1 unspecified atom stereocenters. The van der Waals surface area contributed by atoms with E-state index in [9.17, 15) is 9.59 Å². The Kier molecular flexibility index (Phi) is 6.56. The van der Waals surface area contributed by atoms with Crippen LogP contribution in [0.25, 0.3) is 11.3 Å². The zero-order valence-corrected chi connectivity index (χ0v) is 21.0. The Bertz CT molecular complexity index is 1110. The number of thioether (sulfide) groups is 1. The van der Waals surface area contributed by atoms with E-state index in [1.165, 1.54) is 16.2 Å². The van der Waals surface area contributed by atoms with Crippen LogP contribution in [0.3, 0.4) is 0 Å². The molecule has 0 bridgehead atoms. The van der Waals surface area contributed by atoms with E-state index in [0.717, 1.165) is 69.0 Å². The van der Waals surface area contributed by atoms with E-state index >= 15 is 0 Å². The Labute approximate surface area is 210 Å². The molecule has 0 aliphatic carbocycles. The third-order valence-corrected chi connectivity index (χ3v) is 8.89. The lowest BCUT2D eigenvalue weighted by Crippen LogP contribution is -2.52. The number of likely N-dealkylation sites (tertiary alicyclic amines) is 2. The molecular weight excluding hydrogens is 462 g/mol. The number of aromatic nitrogens is 2. The van der Waals surface area contributed by atoms with Crippen LogP contribution >= 0.6 is 11.8 Å². The largest absolute Gasteiger partial charge is 0.378 e. The van der Waals surface area contributed by atoms with Gasteiger partial charge >= 0.3 is 0 Å². The van der Waals surface area contributed by atoms with Gasteiger partial charge in [0.2, 0.25) is 11.6 Å². The van der Waals surface area contributed by atoms with E-state index in [0.29, 0.717) is 38.6 Å². The fraction of sp³-hybridized carbons (Fsp3) is 0.577. The number of amides is 2. The number of rotatable bonds is 5. The zero-order valence-electron chi connectivity index (χ0n) is 20.2. The minimum atomic E-state index is 0.0866. The normalized spacial score (nSPS) is 22.9. The number of morpholine rings is 1. The summed E-state index contributed by atoms with van der Waals surface area (Å²) in [5.74, 6) is 1.18. The highest BCUT2D eigenvalue weighted by Gasteiger charge is 2.40. The van der Waals surface area contributed by atoms with Gasteiger partial charge in [0.1, 0.15) is 0 Å². The summed E-state index contributed by atoms with van der Waals surface area (Å²) in [5.41, 5.74) is 4.27. The average Bonchev–Trinajstić information content (AvgIpc) is 3.51. The highest BCUT2D eigenvalue weighted by molar-refractivity contribution is 7.98. The van der Waals surface area contributed by atoms with Gasteiger partial charge in [0.05, 0.1) is 30.9 Å². The van der Waals surface area contributed by atoms with Gasteiger partial charge < -0.3 is 14.5 Å². The van der Waals surface area contributed by atoms with E-state index in [2.05, 4.69) is 38.9 Å². The summed E-state index contributed by atoms with van der Waals surface area (Å²) in [6, 6.07) is 8.83. The highest BCUT2D eigenvalue weighted by Crippen LogP contribution is 2.42. The fourth-order valence-corrected chi connectivity index (χ4v) is 6.98. The van der Waals surface area contributed by atoms with Gasteiger partial charge in [-0.3, -0.25) is 14.5 Å². The van der Waals surface area contributed by atoms with Crippen molar-refractivity contribution in [2.75, 3.05) is 59.0 Å². The quantitative estimate of drug-likeness (QED) is 0.644. The van der Waals surface area contributed by atoms with E-state index in [-0.39, 0.29) is 11.9 Å². The summed E-state index contributed by atoms with van der Waals surface area (Å²) in [4.78, 5) is 33.4. The maximum absolute atomic E-state index is 13.6. The second-order valence-corrected chi connectivity index (χ2v) is 11.0. The van der Waals surface area contributed by atoms with E-state index in [1.54, 1.807) is 0 Å². The first-order valence-electron chi connectivity index (χ1n) is 12.9. The summed E-state index contributed by atoms with van der Waals surface area (Å²) in [7, 11) is 0. The number of ether oxygens (including phenoxy) is 1. The molecule has 1 aromatic carbocycles. The molecule has 1 aromatic heterocycles. The van der Waals surface area contributed by atoms with Crippen molar-refractivity contribution in [3.05, 3.63) is 35.5 Å². The molecule has 0 radical (unpaired) electrons. The van der Waals surface area contributed by atoms with Crippen LogP contribution in [0.4, 0.5) is 0 Å². The molecule has 4 aliphatic rings. The van der Waals surface area contributed by atoms with Gasteiger partial charge in [-0.05, 0) is 31.5 Å². The van der Waals surface area contributed by atoms with Crippen molar-refractivity contribution in [2.24, 2.45) is 0 Å². The number of benzene rings is 1. The number of fused-ring (bicyclic) bond motifs is 3. The number of carbonyl (C=O) groups is 2. The first-order valence-corrected chi connectivity index (χ1v) is 13.9. The van der Waals surface area contributed by atoms with Crippen molar-refractivity contribution in [3.8, 4) is 11.3 Å². The molecule has 2 aromatic rings. The van der Waals surface area contributed by atoms with Gasteiger partial charge in [-0.25, -0.2) is 0 Å². The molecular formula is C26H34N5O3S+. The number of nitrogens with zero attached hydrogens (tertiary/aromatic N) is 4. The Morgan fingerprint density at radius 3 is 2.80 bits per heavy atom. The van der Waals surface area contributed by atoms with Gasteiger partial charge in [0, 0.05) is 56.2 Å². The average molecular weight is 497 g/mol. The first-order chi connectivity index (χ1) is 17.2. The number of aromatic amines is 1. The molecule has 5 heterocycles. The van der Waals surface area contributed by atoms with Gasteiger partial charge in [-0.2, -0.15) is 5.10 Å². The van der Waals surface area contributed by atoms with Crippen LogP contribution in [0.5, 0.6) is 0 Å². The molecule has 9 heteroatoms. The lowest BCUT2D eigenvalue weighted by atomic mass is 10.0. The van der Waals surface area contributed by atoms with Crippen LogP contribution in [-0.2, 0) is 15.3 Å². The smallest absolute Gasteiger partial charge is 0.276 e. The summed E-state index contributed by atoms with van der Waals surface area (Å²) in [6.45, 7) is 7.11. The Morgan fingerprint density at radius 2 is 1.97 bits per heavy atom. The molecule has 35 heavy (non-hydrogen) atoms. The first kappa shape index (κ1) is 23.1. The van der Waals surface area contributed by atoms with Crippen LogP contribution in [0.15, 0.2) is 29.2 Å². The molecule has 0 spiro atoms. The second-order valence-electron chi connectivity index (χ2n) is 9.95. The minimum absolute atomic E-state index is 0.0866. The van der Waals surface area contributed by atoms with Gasteiger partial charge in [-0.1, -0.05) is 12.1 Å². The second kappa shape index (κ2) is 9.95. The van der Waals surface area contributed by atoms with Crippen molar-refractivity contribution < 1.29 is 19.0 Å². The monoisotopic (exact) mass is 496 g/mol. The number of hydrogen-bond acceptors (Lipinski definition) is 5. The lowest BCUT2D eigenvalue weighted by molar-refractivity contribution is -0.766. The standard InChI is InChI=1S/C26H33N5O3S/c32-23-8-4-10-29(23)12-11-28-9-3-5-19(17-28)31-25-20-6-1-2-7-22(20)35-18-21(25)24(27-31)26(33)30-13-15-34-16-14-30/h1-2,6-7,19H,3-5,8-18H2/p+1. The Hall–Kier alpha value is -2.36. The van der Waals surface area contributed by atoms with Gasteiger partial charge in [-0.15, -0.1) is 16.4 Å². The third kappa shape index (κ3) is 4.49. The van der Waals surface area contributed by atoms with Crippen molar-refractivity contribution in [1.29, 1.82) is 0 Å². The number of nitrogens with one attached hydrogen (secondary N) is 1. The molecule has 4 aliphatic heterocycles. The van der Waals surface area contributed by atoms with Crippen LogP contribution in [0.1, 0.15) is 47.8 Å². The Balaban J connectivity index is 1.29. The topological polar surface area (TPSA) is 72.8 Å². The molecule has 1 atom stereocenters. The van der Waals surface area contributed by atoms with Crippen LogP contribution in [0, 0.1) is 0 Å². The molecule has 8 nitrogen and oxygen atoms in total. The highest BCUT2D eigenvalue weighted by atomic mass is 32.2. The predicted molar refractivity (Wildman–Crippen MR) is 133 cm³/mol. The molecule has 2 amide bonds. The fourth-order valence-electron chi connectivity index (χ4n) is 5.90. The Morgan fingerprint density at radius 1 is 1.11 bits per heavy atom. The number of piperidine rings is 1. The number of H-pyrrole nitrogens is 1. The molecule has 1 N–H and O–H groups in total. The zero-order chi connectivity index (χ0) is 23.8. The SMILES string of the molecule is O=C1CCCN1CCN1CCCC([n+]2[nH]c(C(=O)N3CCOCC3)c3c2-c2ccccc2SC3)C1. The molecule has 6 rings (SSSR count). The van der Waals surface area contributed by atoms with Crippen molar-refractivity contribution >= 4 is 23.6 Å². The van der Waals surface area contributed by atoms with Crippen molar-refractivity contribution in [1.82, 2.24) is 19.8 Å². The molecule has 0 saturated carbocycles. The van der Waals surface area contributed by atoms with Crippen molar-refractivity contribution in [3.63, 3.8) is 0 Å². The summed E-state index contributed by atoms with van der Waals surface area (Å²) < 4.78 is 7.78. The van der Waals surface area contributed by atoms with E-state index in [1.807, 2.05) is 21.6 Å². The van der Waals surface area contributed by atoms with Crippen LogP contribution in [0.2, 0.25) is 0 Å². The third-order valence-electron chi connectivity index (χ3n) is 7.79. The van der Waals surface area contributed by atoms with Gasteiger partial charge in [0.25, 0.3) is 5.91 Å². The predicted octanol–water partition coefficient (Wildman–Crippen LogP) is 2.31. The number of hydrogen-bond donors (Lipinski definition) is 1. The lowest BCUT2D eigenvalue weighted by Gasteiger charge is -2.31.